The summed E-state index contributed by atoms with van der Waals surface area (Å²) < 4.78 is 25.5. The second-order valence-corrected chi connectivity index (χ2v) is 15.4. The predicted molar refractivity (Wildman–Crippen MR) is 222 cm³/mol. The molecule has 3 amide bonds. The lowest BCUT2D eigenvalue weighted by atomic mass is 10.1. The molecule has 0 radical (unpaired) electrons. The third kappa shape index (κ3) is 10.4. The number of rotatable bonds is 20. The van der Waals surface area contributed by atoms with Crippen LogP contribution in [0.15, 0.2) is 86.9 Å². The summed E-state index contributed by atoms with van der Waals surface area (Å²) in [6, 6.07) is 18.4. The van der Waals surface area contributed by atoms with Crippen molar-refractivity contribution in [3.05, 3.63) is 112 Å². The van der Waals surface area contributed by atoms with Gasteiger partial charge < -0.3 is 23.6 Å². The number of oxazole rings is 2. The average Bonchev–Trinajstić information content (AvgIpc) is 3.64. The molecule has 1 saturated carbocycles. The van der Waals surface area contributed by atoms with Gasteiger partial charge in [-0.3, -0.25) is 29.3 Å². The fraction of sp³-hybridized carbons (Fsp3) is 0.378. The first-order chi connectivity index (χ1) is 29.8. The highest BCUT2D eigenvalue weighted by atomic mass is 16.5. The van der Waals surface area contributed by atoms with Crippen molar-refractivity contribution in [2.24, 2.45) is 5.92 Å². The molecule has 1 saturated heterocycles. The molecule has 314 valence electrons. The van der Waals surface area contributed by atoms with Gasteiger partial charge in [0.05, 0.1) is 36.3 Å². The van der Waals surface area contributed by atoms with Crippen LogP contribution in [-0.4, -0.2) is 68.5 Å². The smallest absolute Gasteiger partial charge is 0.420 e. The van der Waals surface area contributed by atoms with Gasteiger partial charge in [0, 0.05) is 37.1 Å². The van der Waals surface area contributed by atoms with Gasteiger partial charge in [-0.05, 0) is 105 Å². The number of benzene rings is 2. The van der Waals surface area contributed by atoms with Crippen molar-refractivity contribution in [3.8, 4) is 23.2 Å². The van der Waals surface area contributed by atoms with Crippen LogP contribution in [0, 0.1) is 17.2 Å². The molecule has 0 bridgehead atoms. The summed E-state index contributed by atoms with van der Waals surface area (Å²) in [6.45, 7) is 2.18. The lowest BCUT2D eigenvalue weighted by molar-refractivity contribution is -0.135. The van der Waals surface area contributed by atoms with Gasteiger partial charge in [0.15, 0.2) is 17.0 Å². The van der Waals surface area contributed by atoms with Crippen LogP contribution in [0.1, 0.15) is 90.4 Å². The fourth-order valence-electron chi connectivity index (χ4n) is 7.39. The molecule has 1 atom stereocenters. The zero-order valence-electron chi connectivity index (χ0n) is 33.6. The summed E-state index contributed by atoms with van der Waals surface area (Å²) in [5, 5.41) is 19.2. The summed E-state index contributed by atoms with van der Waals surface area (Å²) in [5.74, 6) is -0.821. The number of aryl methyl sites for hydroxylation is 3. The zero-order valence-corrected chi connectivity index (χ0v) is 33.6. The van der Waals surface area contributed by atoms with Gasteiger partial charge >= 0.3 is 5.76 Å². The first-order valence-corrected chi connectivity index (χ1v) is 20.8. The molecule has 4 aromatic heterocycles. The average molecular weight is 827 g/mol. The molecule has 6 aromatic rings. The maximum atomic E-state index is 13.1. The van der Waals surface area contributed by atoms with E-state index in [1.54, 1.807) is 29.2 Å². The van der Waals surface area contributed by atoms with Crippen LogP contribution < -0.4 is 16.4 Å². The SMILES string of the molecule is N#Cc1nn(-c2ccc(CCCCOCCOCCCc3ccc4c(c3)oc(=O)n4C3CCC(=O)NC3=O)cc2)cc1NC(=O)c1coc(-c2ccnc(CCC3CC3)c2)n1. The number of ether oxygens (including phenoxy) is 2. The Hall–Kier alpha value is -6.70. The number of hydrogen-bond acceptors (Lipinski definition) is 12. The number of nitrogens with one attached hydrogen (secondary N) is 2. The molecule has 1 aliphatic carbocycles. The van der Waals surface area contributed by atoms with Gasteiger partial charge in [0.2, 0.25) is 17.7 Å². The number of unbranched alkanes of at least 4 members (excludes halogenated alkanes) is 1. The molecule has 5 heterocycles. The molecule has 16 heteroatoms. The van der Waals surface area contributed by atoms with E-state index in [9.17, 15) is 24.4 Å². The summed E-state index contributed by atoms with van der Waals surface area (Å²) >= 11 is 0. The first kappa shape index (κ1) is 41.1. The Morgan fingerprint density at radius 1 is 0.918 bits per heavy atom. The quantitative estimate of drug-likeness (QED) is 0.0645. The highest BCUT2D eigenvalue weighted by Crippen LogP contribution is 2.33. The Morgan fingerprint density at radius 2 is 1.70 bits per heavy atom. The molecule has 0 spiro atoms. The number of hydrogen-bond donors (Lipinski definition) is 2. The Bertz CT molecular complexity index is 2610. The normalized spacial score (nSPS) is 15.2. The van der Waals surface area contributed by atoms with Crippen LogP contribution in [0.2, 0.25) is 0 Å². The topological polar surface area (TPSA) is 209 Å². The number of piperidine rings is 1. The van der Waals surface area contributed by atoms with E-state index >= 15 is 0 Å². The number of amides is 3. The Morgan fingerprint density at radius 3 is 2.49 bits per heavy atom. The van der Waals surface area contributed by atoms with Crippen LogP contribution in [0.4, 0.5) is 5.69 Å². The Balaban J connectivity index is 0.712. The molecule has 61 heavy (non-hydrogen) atoms. The highest BCUT2D eigenvalue weighted by Gasteiger charge is 2.31. The Labute approximate surface area is 350 Å². The minimum Gasteiger partial charge on any atom is -0.444 e. The van der Waals surface area contributed by atoms with Crippen molar-refractivity contribution in [3.63, 3.8) is 0 Å². The van der Waals surface area contributed by atoms with Crippen molar-refractivity contribution < 1.29 is 32.7 Å². The van der Waals surface area contributed by atoms with Crippen LogP contribution in [-0.2, 0) is 38.3 Å². The van der Waals surface area contributed by atoms with Crippen LogP contribution in [0.3, 0.4) is 0 Å². The maximum Gasteiger partial charge on any atom is 0.420 e. The minimum atomic E-state index is -0.766. The highest BCUT2D eigenvalue weighted by molar-refractivity contribution is 6.03. The summed E-state index contributed by atoms with van der Waals surface area (Å²) in [4.78, 5) is 58.3. The van der Waals surface area contributed by atoms with Gasteiger partial charge in [0.1, 0.15) is 18.4 Å². The summed E-state index contributed by atoms with van der Waals surface area (Å²) in [6.07, 6.45) is 13.9. The van der Waals surface area contributed by atoms with Crippen LogP contribution in [0.5, 0.6) is 0 Å². The number of pyridine rings is 1. The van der Waals surface area contributed by atoms with Gasteiger partial charge in [-0.1, -0.05) is 31.0 Å². The molecule has 2 N–H and O–H groups in total. The minimum absolute atomic E-state index is 0.0777. The van der Waals surface area contributed by atoms with Gasteiger partial charge in [-0.15, -0.1) is 0 Å². The Kier molecular flexibility index (Phi) is 12.9. The molecule has 8 rings (SSSR count). The van der Waals surface area contributed by atoms with Crippen LogP contribution >= 0.6 is 0 Å². The number of nitrogens with zero attached hydrogens (tertiary/aromatic N) is 6. The molecule has 2 aromatic carbocycles. The summed E-state index contributed by atoms with van der Waals surface area (Å²) in [5.41, 5.74) is 6.00. The molecule has 2 fully saturated rings. The number of nitriles is 1. The van der Waals surface area contributed by atoms with Gasteiger partial charge in [-0.2, -0.15) is 10.4 Å². The number of carbonyl (C=O) groups is 3. The van der Waals surface area contributed by atoms with E-state index < -0.39 is 23.6 Å². The monoisotopic (exact) mass is 826 g/mol. The molecule has 1 aliphatic heterocycles. The molecular weight excluding hydrogens is 781 g/mol. The lowest BCUT2D eigenvalue weighted by Gasteiger charge is -2.21. The van der Waals surface area contributed by atoms with Crippen molar-refractivity contribution in [2.45, 2.75) is 76.7 Å². The number of imide groups is 1. The van der Waals surface area contributed by atoms with Crippen molar-refractivity contribution in [1.82, 2.24) is 29.6 Å². The second kappa shape index (κ2) is 19.1. The summed E-state index contributed by atoms with van der Waals surface area (Å²) in [7, 11) is 0. The third-order valence-electron chi connectivity index (χ3n) is 10.9. The van der Waals surface area contributed by atoms with Crippen molar-refractivity contribution >= 4 is 34.5 Å². The number of carbonyl (C=O) groups excluding carboxylic acids is 3. The zero-order chi connectivity index (χ0) is 42.1. The van der Waals surface area contributed by atoms with E-state index in [0.717, 1.165) is 78.9 Å². The van der Waals surface area contributed by atoms with Crippen LogP contribution in [0.25, 0.3) is 28.2 Å². The second-order valence-electron chi connectivity index (χ2n) is 15.4. The maximum absolute atomic E-state index is 13.1. The fourth-order valence-corrected chi connectivity index (χ4v) is 7.39. The molecule has 1 unspecified atom stereocenters. The van der Waals surface area contributed by atoms with Gasteiger partial charge in [0.25, 0.3) is 5.91 Å². The molecule has 16 nitrogen and oxygen atoms in total. The lowest BCUT2D eigenvalue weighted by Crippen LogP contribution is -2.43. The van der Waals surface area contributed by atoms with E-state index in [1.807, 2.05) is 42.5 Å². The van der Waals surface area contributed by atoms with E-state index in [4.69, 9.17) is 18.3 Å². The van der Waals surface area contributed by atoms with E-state index in [0.29, 0.717) is 43.4 Å². The standard InChI is InChI=1S/C45H46N8O8/c46-26-35-36(48-42(55)37-28-60-44(49-37)32-18-19-47-33(25-32)12-8-30-6-7-30)27-52(51-35)34-13-9-29(10-14-34)4-1-2-20-58-22-23-59-21-3-5-31-11-15-38-40(24-31)61-45(57)53(38)39-16-17-41(54)50-43(39)56/h9-11,13-15,18-19,24-25,27-28,30,39H,1-8,12,16-17,20-23H2,(H,48,55)(H,50,54,56). The number of aromatic nitrogens is 5. The third-order valence-corrected chi connectivity index (χ3v) is 10.9. The predicted octanol–water partition coefficient (Wildman–Crippen LogP) is 6.26. The number of fused-ring (bicyclic) bond motifs is 1. The molecular formula is C45H46N8O8. The van der Waals surface area contributed by atoms with Crippen molar-refractivity contribution in [2.75, 3.05) is 31.7 Å². The largest absolute Gasteiger partial charge is 0.444 e. The van der Waals surface area contributed by atoms with E-state index in [-0.39, 0.29) is 35.8 Å². The van der Waals surface area contributed by atoms with Gasteiger partial charge in [-0.25, -0.2) is 14.5 Å². The van der Waals surface area contributed by atoms with E-state index in [2.05, 4.69) is 31.8 Å². The number of anilines is 1. The first-order valence-electron chi connectivity index (χ1n) is 20.8. The van der Waals surface area contributed by atoms with Crippen molar-refractivity contribution in [1.29, 1.82) is 5.26 Å². The van der Waals surface area contributed by atoms with E-state index in [1.165, 1.54) is 23.7 Å². The molecule has 2 aliphatic rings.